The molecule has 0 bridgehead atoms. The number of furan rings is 1. The van der Waals surface area contributed by atoms with Crippen molar-refractivity contribution in [1.29, 1.82) is 0 Å². The van der Waals surface area contributed by atoms with Gasteiger partial charge in [-0.1, -0.05) is 23.7 Å². The van der Waals surface area contributed by atoms with Crippen LogP contribution in [-0.2, 0) is 24.1 Å². The highest BCUT2D eigenvalue weighted by molar-refractivity contribution is 6.30. The van der Waals surface area contributed by atoms with Crippen LogP contribution in [0.25, 0.3) is 11.0 Å². The molecule has 1 amide bonds. The van der Waals surface area contributed by atoms with E-state index in [2.05, 4.69) is 34.5 Å². The third-order valence-electron chi connectivity index (χ3n) is 6.18. The normalized spacial score (nSPS) is 17.3. The summed E-state index contributed by atoms with van der Waals surface area (Å²) < 4.78 is 6.16. The van der Waals surface area contributed by atoms with Gasteiger partial charge in [-0.3, -0.25) is 9.69 Å². The van der Waals surface area contributed by atoms with Crippen LogP contribution in [0, 0.1) is 0 Å². The summed E-state index contributed by atoms with van der Waals surface area (Å²) in [5, 5.41) is 5.36. The van der Waals surface area contributed by atoms with Crippen molar-refractivity contribution in [3.63, 3.8) is 0 Å². The second-order valence-electron chi connectivity index (χ2n) is 8.13. The Bertz CT molecular complexity index is 1060. The number of nitrogens with one attached hydrogen (secondary N) is 1. The lowest BCUT2D eigenvalue weighted by Crippen LogP contribution is -2.50. The molecule has 0 aliphatic carbocycles. The molecule has 5 rings (SSSR count). The second-order valence-corrected chi connectivity index (χ2v) is 8.57. The Morgan fingerprint density at radius 2 is 1.84 bits per heavy atom. The van der Waals surface area contributed by atoms with Gasteiger partial charge in [0.2, 0.25) is 5.91 Å². The van der Waals surface area contributed by atoms with Crippen LogP contribution in [0.4, 0.5) is 5.69 Å². The van der Waals surface area contributed by atoms with Crippen molar-refractivity contribution in [2.75, 3.05) is 44.2 Å². The number of rotatable bonds is 4. The van der Waals surface area contributed by atoms with Gasteiger partial charge in [-0.25, -0.2) is 0 Å². The highest BCUT2D eigenvalue weighted by atomic mass is 35.5. The van der Waals surface area contributed by atoms with Gasteiger partial charge in [0.15, 0.2) is 0 Å². The molecule has 164 valence electrons. The Balaban J connectivity index is 0.00000231. The summed E-state index contributed by atoms with van der Waals surface area (Å²) >= 11 is 5.96. The van der Waals surface area contributed by atoms with Gasteiger partial charge in [-0.2, -0.15) is 0 Å². The maximum atomic E-state index is 12.9. The maximum absolute atomic E-state index is 12.9. The fourth-order valence-corrected chi connectivity index (χ4v) is 4.62. The molecule has 1 fully saturated rings. The van der Waals surface area contributed by atoms with E-state index < -0.39 is 0 Å². The second kappa shape index (κ2) is 9.61. The molecular formula is C24H27Cl2N3O2. The number of hydrogen-bond acceptors (Lipinski definition) is 4. The number of halogens is 2. The van der Waals surface area contributed by atoms with Crippen LogP contribution in [0.1, 0.15) is 16.9 Å². The van der Waals surface area contributed by atoms with Gasteiger partial charge in [0.05, 0.1) is 6.54 Å². The number of fused-ring (bicyclic) bond motifs is 3. The zero-order valence-corrected chi connectivity index (χ0v) is 19.0. The minimum Gasteiger partial charge on any atom is -0.461 e. The van der Waals surface area contributed by atoms with Crippen LogP contribution in [0.2, 0.25) is 5.02 Å². The maximum Gasteiger partial charge on any atom is 0.241 e. The molecule has 0 unspecified atom stereocenters. The number of benzene rings is 2. The van der Waals surface area contributed by atoms with Gasteiger partial charge in [-0.15, -0.1) is 12.4 Å². The number of carbonyl (C=O) groups is 1. The van der Waals surface area contributed by atoms with Crippen molar-refractivity contribution >= 4 is 46.6 Å². The minimum atomic E-state index is 0. The molecule has 1 saturated heterocycles. The molecule has 7 heteroatoms. The number of piperazine rings is 1. The average Bonchev–Trinajstić information content (AvgIpc) is 2.93. The standard InChI is InChI=1S/C24H26ClN3O2.ClH/c25-18-3-1-17(2-4-18)9-12-27-13-14-28(24(29)16-27)19-5-6-20-21-7-10-26-11-8-22(21)30-23(20)15-19;/h1-6,15,26H,7-14,16H2;1H. The molecule has 1 N–H and O–H groups in total. The van der Waals surface area contributed by atoms with Crippen LogP contribution in [0.15, 0.2) is 46.9 Å². The highest BCUT2D eigenvalue weighted by Crippen LogP contribution is 2.31. The third-order valence-corrected chi connectivity index (χ3v) is 6.43. The molecule has 2 aromatic carbocycles. The number of nitrogens with zero attached hydrogens (tertiary/aromatic N) is 2. The van der Waals surface area contributed by atoms with E-state index in [-0.39, 0.29) is 18.3 Å². The Morgan fingerprint density at radius 1 is 1.03 bits per heavy atom. The van der Waals surface area contributed by atoms with E-state index in [1.807, 2.05) is 23.1 Å². The van der Waals surface area contributed by atoms with E-state index in [0.717, 1.165) is 67.5 Å². The Labute approximate surface area is 193 Å². The topological polar surface area (TPSA) is 48.7 Å². The van der Waals surface area contributed by atoms with Gasteiger partial charge in [0.1, 0.15) is 11.3 Å². The average molecular weight is 460 g/mol. The lowest BCUT2D eigenvalue weighted by atomic mass is 10.1. The summed E-state index contributed by atoms with van der Waals surface area (Å²) in [4.78, 5) is 17.0. The predicted molar refractivity (Wildman–Crippen MR) is 128 cm³/mol. The molecule has 1 aromatic heterocycles. The Kier molecular flexibility index (Phi) is 6.87. The van der Waals surface area contributed by atoms with Gasteiger partial charge in [0, 0.05) is 60.3 Å². The van der Waals surface area contributed by atoms with Gasteiger partial charge in [-0.05, 0) is 49.2 Å². The van der Waals surface area contributed by atoms with Crippen molar-refractivity contribution < 1.29 is 9.21 Å². The molecule has 5 nitrogen and oxygen atoms in total. The molecule has 0 radical (unpaired) electrons. The van der Waals surface area contributed by atoms with E-state index >= 15 is 0 Å². The first kappa shape index (κ1) is 22.2. The lowest BCUT2D eigenvalue weighted by Gasteiger charge is -2.34. The van der Waals surface area contributed by atoms with E-state index in [9.17, 15) is 4.79 Å². The van der Waals surface area contributed by atoms with E-state index in [4.69, 9.17) is 16.0 Å². The molecule has 0 saturated carbocycles. The summed E-state index contributed by atoms with van der Waals surface area (Å²) in [6.07, 6.45) is 2.83. The number of anilines is 1. The van der Waals surface area contributed by atoms with Crippen LogP contribution < -0.4 is 10.2 Å². The van der Waals surface area contributed by atoms with Gasteiger partial charge in [0.25, 0.3) is 0 Å². The smallest absolute Gasteiger partial charge is 0.241 e. The van der Waals surface area contributed by atoms with Gasteiger partial charge < -0.3 is 14.6 Å². The van der Waals surface area contributed by atoms with E-state index in [0.29, 0.717) is 13.1 Å². The summed E-state index contributed by atoms with van der Waals surface area (Å²) in [7, 11) is 0. The van der Waals surface area contributed by atoms with Crippen LogP contribution in [-0.4, -0.2) is 50.1 Å². The Morgan fingerprint density at radius 3 is 2.65 bits per heavy atom. The quantitative estimate of drug-likeness (QED) is 0.638. The van der Waals surface area contributed by atoms with E-state index in [1.165, 1.54) is 16.5 Å². The first-order valence-electron chi connectivity index (χ1n) is 10.7. The molecule has 3 aromatic rings. The van der Waals surface area contributed by atoms with Crippen LogP contribution in [0.3, 0.4) is 0 Å². The molecule has 0 atom stereocenters. The minimum absolute atomic E-state index is 0. The molecule has 2 aliphatic heterocycles. The van der Waals surface area contributed by atoms with Crippen molar-refractivity contribution in [2.45, 2.75) is 19.3 Å². The summed E-state index contributed by atoms with van der Waals surface area (Å²) in [6.45, 7) is 4.84. The van der Waals surface area contributed by atoms with Crippen molar-refractivity contribution in [3.05, 3.63) is 64.4 Å². The van der Waals surface area contributed by atoms with E-state index in [1.54, 1.807) is 0 Å². The fourth-order valence-electron chi connectivity index (χ4n) is 4.50. The number of amides is 1. The zero-order valence-electron chi connectivity index (χ0n) is 17.4. The summed E-state index contributed by atoms with van der Waals surface area (Å²) in [6, 6.07) is 14.2. The zero-order chi connectivity index (χ0) is 20.5. The first-order chi connectivity index (χ1) is 14.7. The number of carbonyl (C=O) groups excluding carboxylic acids is 1. The SMILES string of the molecule is Cl.O=C1CN(CCc2ccc(Cl)cc2)CCN1c1ccc2c3c(oc2c1)CCNCC3. The summed E-state index contributed by atoms with van der Waals surface area (Å²) in [5.41, 5.74) is 4.40. The van der Waals surface area contributed by atoms with Crippen molar-refractivity contribution in [3.8, 4) is 0 Å². The highest BCUT2D eigenvalue weighted by Gasteiger charge is 2.26. The van der Waals surface area contributed by atoms with Crippen LogP contribution >= 0.6 is 24.0 Å². The van der Waals surface area contributed by atoms with Crippen molar-refractivity contribution in [1.82, 2.24) is 10.2 Å². The monoisotopic (exact) mass is 459 g/mol. The molecule has 2 aliphatic rings. The van der Waals surface area contributed by atoms with Crippen LogP contribution in [0.5, 0.6) is 0 Å². The largest absolute Gasteiger partial charge is 0.461 e. The lowest BCUT2D eigenvalue weighted by molar-refractivity contribution is -0.121. The fraction of sp³-hybridized carbons (Fsp3) is 0.375. The third kappa shape index (κ3) is 4.75. The predicted octanol–water partition coefficient (Wildman–Crippen LogP) is 4.09. The number of hydrogen-bond donors (Lipinski definition) is 1. The summed E-state index contributed by atoms with van der Waals surface area (Å²) in [5.74, 6) is 1.24. The van der Waals surface area contributed by atoms with Gasteiger partial charge >= 0.3 is 0 Å². The molecular weight excluding hydrogens is 433 g/mol. The molecule has 0 spiro atoms. The Hall–Kier alpha value is -2.05. The first-order valence-corrected chi connectivity index (χ1v) is 11.1. The molecule has 31 heavy (non-hydrogen) atoms. The van der Waals surface area contributed by atoms with Crippen molar-refractivity contribution in [2.24, 2.45) is 0 Å². The molecule has 3 heterocycles.